The van der Waals surface area contributed by atoms with E-state index in [1.807, 2.05) is 0 Å². The number of ether oxygens (including phenoxy) is 1. The van der Waals surface area contributed by atoms with Crippen LogP contribution < -0.4 is 10.6 Å². The number of anilines is 1. The summed E-state index contributed by atoms with van der Waals surface area (Å²) in [6, 6.07) is 5.33. The molecule has 2 amide bonds. The first-order valence-electron chi connectivity index (χ1n) is 7.01. The summed E-state index contributed by atoms with van der Waals surface area (Å²) in [5.74, 6) is 0.474. The second-order valence-electron chi connectivity index (χ2n) is 5.37. The average molecular weight is 274 g/mol. The van der Waals surface area contributed by atoms with Gasteiger partial charge >= 0.3 is 0 Å². The van der Waals surface area contributed by atoms with Crippen LogP contribution in [0.3, 0.4) is 0 Å². The zero-order chi connectivity index (χ0) is 13.9. The van der Waals surface area contributed by atoms with Crippen molar-refractivity contribution in [1.82, 2.24) is 5.32 Å². The van der Waals surface area contributed by atoms with Crippen molar-refractivity contribution in [3.63, 3.8) is 0 Å². The highest BCUT2D eigenvalue weighted by Gasteiger charge is 2.19. The normalized spacial score (nSPS) is 20.6. The van der Waals surface area contributed by atoms with E-state index in [9.17, 15) is 9.59 Å². The summed E-state index contributed by atoms with van der Waals surface area (Å²) in [5.41, 5.74) is 2.32. The van der Waals surface area contributed by atoms with Gasteiger partial charge in [-0.2, -0.15) is 0 Å². The Hall–Kier alpha value is -1.88. The van der Waals surface area contributed by atoms with E-state index in [0.717, 1.165) is 37.3 Å². The molecule has 0 aliphatic carbocycles. The van der Waals surface area contributed by atoms with E-state index in [0.29, 0.717) is 24.4 Å². The summed E-state index contributed by atoms with van der Waals surface area (Å²) in [6.45, 7) is 2.31. The van der Waals surface area contributed by atoms with Crippen molar-refractivity contribution in [3.05, 3.63) is 29.3 Å². The Morgan fingerprint density at radius 3 is 3.15 bits per heavy atom. The molecule has 3 rings (SSSR count). The van der Waals surface area contributed by atoms with Crippen LogP contribution in [0.4, 0.5) is 5.69 Å². The maximum atomic E-state index is 12.1. The number of hydrogen-bond donors (Lipinski definition) is 2. The molecule has 2 N–H and O–H groups in total. The highest BCUT2D eigenvalue weighted by atomic mass is 16.5. The van der Waals surface area contributed by atoms with Crippen molar-refractivity contribution in [2.45, 2.75) is 19.3 Å². The van der Waals surface area contributed by atoms with Gasteiger partial charge in [-0.25, -0.2) is 0 Å². The van der Waals surface area contributed by atoms with Crippen molar-refractivity contribution in [2.24, 2.45) is 5.92 Å². The van der Waals surface area contributed by atoms with Gasteiger partial charge in [-0.1, -0.05) is 0 Å². The molecule has 1 aromatic rings. The zero-order valence-electron chi connectivity index (χ0n) is 11.3. The lowest BCUT2D eigenvalue weighted by atomic mass is 10.0. The van der Waals surface area contributed by atoms with Crippen molar-refractivity contribution < 1.29 is 14.3 Å². The van der Waals surface area contributed by atoms with E-state index in [4.69, 9.17) is 4.74 Å². The number of fused-ring (bicyclic) bond motifs is 1. The number of amides is 2. The number of benzene rings is 1. The summed E-state index contributed by atoms with van der Waals surface area (Å²) < 4.78 is 5.31. The maximum Gasteiger partial charge on any atom is 0.251 e. The van der Waals surface area contributed by atoms with Crippen LogP contribution >= 0.6 is 0 Å². The summed E-state index contributed by atoms with van der Waals surface area (Å²) in [4.78, 5) is 23.3. The molecule has 1 fully saturated rings. The molecule has 0 bridgehead atoms. The molecule has 106 valence electrons. The third-order valence-corrected chi connectivity index (χ3v) is 3.85. The molecular formula is C15H18N2O3. The van der Waals surface area contributed by atoms with E-state index in [2.05, 4.69) is 10.6 Å². The zero-order valence-corrected chi connectivity index (χ0v) is 11.3. The van der Waals surface area contributed by atoms with Gasteiger partial charge in [-0.15, -0.1) is 0 Å². The van der Waals surface area contributed by atoms with E-state index in [1.165, 1.54) is 0 Å². The molecule has 5 nitrogen and oxygen atoms in total. The lowest BCUT2D eigenvalue weighted by Gasteiger charge is -2.09. The quantitative estimate of drug-likeness (QED) is 0.870. The fourth-order valence-corrected chi connectivity index (χ4v) is 2.67. The number of rotatable bonds is 4. The van der Waals surface area contributed by atoms with Crippen LogP contribution in [0.25, 0.3) is 0 Å². The van der Waals surface area contributed by atoms with Crippen LogP contribution in [0.2, 0.25) is 0 Å². The minimum atomic E-state index is -0.0777. The predicted molar refractivity (Wildman–Crippen MR) is 74.7 cm³/mol. The molecule has 2 aliphatic heterocycles. The first-order chi connectivity index (χ1) is 9.72. The Kier molecular flexibility index (Phi) is 3.69. The van der Waals surface area contributed by atoms with Crippen LogP contribution in [0.1, 0.15) is 28.8 Å². The van der Waals surface area contributed by atoms with Gasteiger partial charge in [-0.3, -0.25) is 9.59 Å². The van der Waals surface area contributed by atoms with Gasteiger partial charge in [0.05, 0.1) is 6.42 Å². The van der Waals surface area contributed by atoms with Crippen LogP contribution in [0.5, 0.6) is 0 Å². The van der Waals surface area contributed by atoms with Gasteiger partial charge in [0.25, 0.3) is 5.91 Å². The molecule has 0 radical (unpaired) electrons. The molecule has 1 unspecified atom stereocenters. The molecule has 0 saturated carbocycles. The first kappa shape index (κ1) is 13.1. The number of hydrogen-bond acceptors (Lipinski definition) is 3. The van der Waals surface area contributed by atoms with Gasteiger partial charge in [0.1, 0.15) is 0 Å². The van der Waals surface area contributed by atoms with Gasteiger partial charge in [-0.05, 0) is 42.5 Å². The smallest absolute Gasteiger partial charge is 0.251 e. The molecule has 2 heterocycles. The third-order valence-electron chi connectivity index (χ3n) is 3.85. The average Bonchev–Trinajstić information content (AvgIpc) is 3.05. The van der Waals surface area contributed by atoms with Crippen molar-refractivity contribution in [3.8, 4) is 0 Å². The summed E-state index contributed by atoms with van der Waals surface area (Å²) in [6.07, 6.45) is 2.40. The van der Waals surface area contributed by atoms with Crippen LogP contribution in [0, 0.1) is 5.92 Å². The minimum Gasteiger partial charge on any atom is -0.381 e. The van der Waals surface area contributed by atoms with E-state index < -0.39 is 0 Å². The number of carbonyl (C=O) groups excluding carboxylic acids is 2. The van der Waals surface area contributed by atoms with E-state index in [1.54, 1.807) is 18.2 Å². The van der Waals surface area contributed by atoms with Crippen molar-refractivity contribution in [1.29, 1.82) is 0 Å². The predicted octanol–water partition coefficient (Wildman–Crippen LogP) is 1.34. The Bertz CT molecular complexity index is 536. The number of nitrogens with one attached hydrogen (secondary N) is 2. The molecule has 1 atom stereocenters. The maximum absolute atomic E-state index is 12.1. The Labute approximate surface area is 117 Å². The highest BCUT2D eigenvalue weighted by molar-refractivity contribution is 6.01. The topological polar surface area (TPSA) is 67.4 Å². The lowest BCUT2D eigenvalue weighted by molar-refractivity contribution is -0.115. The number of carbonyl (C=O) groups is 2. The Morgan fingerprint density at radius 2 is 2.35 bits per heavy atom. The summed E-state index contributed by atoms with van der Waals surface area (Å²) >= 11 is 0. The van der Waals surface area contributed by atoms with Gasteiger partial charge in [0.2, 0.25) is 5.91 Å². The molecule has 20 heavy (non-hydrogen) atoms. The van der Waals surface area contributed by atoms with Crippen molar-refractivity contribution in [2.75, 3.05) is 25.1 Å². The molecule has 2 aliphatic rings. The van der Waals surface area contributed by atoms with E-state index in [-0.39, 0.29) is 11.8 Å². The van der Waals surface area contributed by atoms with Crippen LogP contribution in [0.15, 0.2) is 18.2 Å². The van der Waals surface area contributed by atoms with Gasteiger partial charge in [0.15, 0.2) is 0 Å². The third kappa shape index (κ3) is 2.82. The fraction of sp³-hybridized carbons (Fsp3) is 0.467. The van der Waals surface area contributed by atoms with Gasteiger partial charge in [0, 0.05) is 31.0 Å². The molecule has 0 spiro atoms. The second kappa shape index (κ2) is 5.63. The molecule has 1 saturated heterocycles. The molecule has 5 heteroatoms. The molecule has 0 aromatic heterocycles. The summed E-state index contributed by atoms with van der Waals surface area (Å²) in [5, 5.41) is 5.69. The Balaban J connectivity index is 1.54. The second-order valence-corrected chi connectivity index (χ2v) is 5.37. The van der Waals surface area contributed by atoms with Crippen molar-refractivity contribution >= 4 is 17.5 Å². The van der Waals surface area contributed by atoms with Gasteiger partial charge < -0.3 is 15.4 Å². The molecular weight excluding hydrogens is 256 g/mol. The van der Waals surface area contributed by atoms with Crippen LogP contribution in [-0.4, -0.2) is 31.6 Å². The SMILES string of the molecule is O=C1Cc2cc(C(=O)NCCC3CCOC3)ccc2N1. The highest BCUT2D eigenvalue weighted by Crippen LogP contribution is 2.23. The largest absolute Gasteiger partial charge is 0.381 e. The Morgan fingerprint density at radius 1 is 1.45 bits per heavy atom. The molecule has 1 aromatic carbocycles. The lowest BCUT2D eigenvalue weighted by Crippen LogP contribution is -2.26. The fourth-order valence-electron chi connectivity index (χ4n) is 2.67. The first-order valence-corrected chi connectivity index (χ1v) is 7.01. The standard InChI is InChI=1S/C15H18N2O3/c18-14-8-12-7-11(1-2-13(12)17-14)15(19)16-5-3-10-4-6-20-9-10/h1-2,7,10H,3-6,8-9H2,(H,16,19)(H,17,18). The van der Waals surface area contributed by atoms with Crippen LogP contribution in [-0.2, 0) is 16.0 Å². The monoisotopic (exact) mass is 274 g/mol. The summed E-state index contributed by atoms with van der Waals surface area (Å²) in [7, 11) is 0. The minimum absolute atomic E-state index is 0.0150. The van der Waals surface area contributed by atoms with E-state index >= 15 is 0 Å².